The van der Waals surface area contributed by atoms with Crippen LogP contribution in [0.15, 0.2) is 47.3 Å². The lowest BCUT2D eigenvalue weighted by Gasteiger charge is -2.43. The van der Waals surface area contributed by atoms with Crippen molar-refractivity contribution in [2.75, 3.05) is 39.0 Å². The molecular formula is C22H26N4O3. The Morgan fingerprint density at radius 1 is 1.07 bits per heavy atom. The number of carbonyl (C=O) groups excluding carboxylic acids is 2. The fourth-order valence-corrected chi connectivity index (χ4v) is 4.45. The maximum Gasteiger partial charge on any atom is 0.274 e. The Labute approximate surface area is 169 Å². The number of fused-ring (bicyclic) bond motifs is 4. The Bertz CT molecular complexity index is 983. The fourth-order valence-electron chi connectivity index (χ4n) is 4.45. The van der Waals surface area contributed by atoms with Crippen molar-refractivity contribution in [1.29, 1.82) is 0 Å². The van der Waals surface area contributed by atoms with Crippen molar-refractivity contribution in [2.45, 2.75) is 18.9 Å². The van der Waals surface area contributed by atoms with E-state index in [1.54, 1.807) is 15.5 Å². The van der Waals surface area contributed by atoms with Crippen molar-refractivity contribution < 1.29 is 9.59 Å². The number of nitrogens with one attached hydrogen (secondary N) is 1. The summed E-state index contributed by atoms with van der Waals surface area (Å²) in [5.41, 5.74) is 1.80. The van der Waals surface area contributed by atoms with E-state index in [-0.39, 0.29) is 35.8 Å². The van der Waals surface area contributed by atoms with E-state index >= 15 is 0 Å². The number of likely N-dealkylation sites (tertiary alicyclic amines) is 1. The first-order chi connectivity index (χ1) is 13.9. The van der Waals surface area contributed by atoms with Gasteiger partial charge in [-0.1, -0.05) is 18.2 Å². The van der Waals surface area contributed by atoms with Gasteiger partial charge in [0, 0.05) is 36.8 Å². The molecule has 7 heteroatoms. The Morgan fingerprint density at radius 3 is 2.55 bits per heavy atom. The number of piperidine rings is 1. The van der Waals surface area contributed by atoms with Gasteiger partial charge in [0.15, 0.2) is 0 Å². The number of aromatic nitrogens is 1. The largest absolute Gasteiger partial charge is 0.338 e. The van der Waals surface area contributed by atoms with Crippen LogP contribution in [0.3, 0.4) is 0 Å². The van der Waals surface area contributed by atoms with Gasteiger partial charge in [-0.2, -0.15) is 0 Å². The van der Waals surface area contributed by atoms with Crippen LogP contribution in [-0.4, -0.2) is 59.9 Å². The molecule has 29 heavy (non-hydrogen) atoms. The number of likely N-dealkylation sites (N-methyl/N-ethyl adjacent to an activating group) is 1. The highest BCUT2D eigenvalue weighted by Crippen LogP contribution is 2.35. The summed E-state index contributed by atoms with van der Waals surface area (Å²) in [6.45, 7) is 2.05. The minimum atomic E-state index is -0.205. The summed E-state index contributed by atoms with van der Waals surface area (Å²) in [6.07, 6.45) is 0.977. The summed E-state index contributed by atoms with van der Waals surface area (Å²) in [7, 11) is 3.62. The molecule has 2 bridgehead atoms. The molecule has 2 aromatic rings. The van der Waals surface area contributed by atoms with E-state index < -0.39 is 0 Å². The second kappa shape index (κ2) is 7.83. The number of anilines is 1. The highest BCUT2D eigenvalue weighted by Gasteiger charge is 2.36. The summed E-state index contributed by atoms with van der Waals surface area (Å²) in [6, 6.07) is 12.9. The van der Waals surface area contributed by atoms with Crippen molar-refractivity contribution in [3.05, 3.63) is 64.1 Å². The zero-order valence-corrected chi connectivity index (χ0v) is 16.8. The fraction of sp³-hybridized carbons (Fsp3) is 0.409. The molecule has 1 saturated heterocycles. The molecule has 2 aliphatic rings. The summed E-state index contributed by atoms with van der Waals surface area (Å²) in [5.74, 6) is 0.209. The monoisotopic (exact) mass is 394 g/mol. The van der Waals surface area contributed by atoms with Gasteiger partial charge in [-0.25, -0.2) is 0 Å². The number of amides is 2. The van der Waals surface area contributed by atoms with Crippen LogP contribution < -0.4 is 10.9 Å². The molecule has 0 spiro atoms. The molecule has 0 unspecified atom stereocenters. The van der Waals surface area contributed by atoms with Crippen LogP contribution in [0, 0.1) is 5.92 Å². The predicted octanol–water partition coefficient (Wildman–Crippen LogP) is 1.61. The number of hydrogen-bond donors (Lipinski definition) is 1. The molecule has 0 aliphatic carbocycles. The molecule has 2 amide bonds. The number of nitrogens with zero attached hydrogens (tertiary/aromatic N) is 3. The van der Waals surface area contributed by atoms with Crippen molar-refractivity contribution in [2.24, 2.45) is 5.92 Å². The second-order valence-corrected chi connectivity index (χ2v) is 8.25. The van der Waals surface area contributed by atoms with Gasteiger partial charge in [0.2, 0.25) is 5.91 Å². The van der Waals surface area contributed by atoms with Crippen LogP contribution in [0.4, 0.5) is 5.69 Å². The molecule has 7 nitrogen and oxygen atoms in total. The number of benzene rings is 1. The molecule has 2 aliphatic heterocycles. The van der Waals surface area contributed by atoms with Gasteiger partial charge in [-0.15, -0.1) is 0 Å². The second-order valence-electron chi connectivity index (χ2n) is 8.25. The van der Waals surface area contributed by atoms with Gasteiger partial charge >= 0.3 is 0 Å². The molecule has 2 atom stereocenters. The number of rotatable bonds is 4. The van der Waals surface area contributed by atoms with Crippen LogP contribution >= 0.6 is 0 Å². The molecule has 1 N–H and O–H groups in total. The quantitative estimate of drug-likeness (QED) is 0.855. The van der Waals surface area contributed by atoms with Crippen LogP contribution in [0.25, 0.3) is 0 Å². The average molecular weight is 394 g/mol. The normalized spacial score (nSPS) is 20.3. The molecule has 3 heterocycles. The first-order valence-corrected chi connectivity index (χ1v) is 9.95. The topological polar surface area (TPSA) is 74.7 Å². The van der Waals surface area contributed by atoms with Crippen molar-refractivity contribution in [3.8, 4) is 0 Å². The van der Waals surface area contributed by atoms with Gasteiger partial charge in [-0.05, 0) is 50.7 Å². The third-order valence-electron chi connectivity index (χ3n) is 5.65. The minimum Gasteiger partial charge on any atom is -0.338 e. The van der Waals surface area contributed by atoms with Gasteiger partial charge < -0.3 is 19.7 Å². The van der Waals surface area contributed by atoms with Crippen molar-refractivity contribution in [3.63, 3.8) is 0 Å². The van der Waals surface area contributed by atoms with Crippen molar-refractivity contribution >= 4 is 17.5 Å². The minimum absolute atomic E-state index is 0.0451. The Kier molecular flexibility index (Phi) is 5.24. The smallest absolute Gasteiger partial charge is 0.274 e. The zero-order valence-electron chi connectivity index (χ0n) is 16.8. The van der Waals surface area contributed by atoms with E-state index in [0.717, 1.165) is 12.1 Å². The summed E-state index contributed by atoms with van der Waals surface area (Å²) in [4.78, 5) is 41.6. The van der Waals surface area contributed by atoms with E-state index in [1.807, 2.05) is 55.4 Å². The van der Waals surface area contributed by atoms with Crippen LogP contribution in [0.2, 0.25) is 0 Å². The van der Waals surface area contributed by atoms with Gasteiger partial charge in [0.25, 0.3) is 11.5 Å². The van der Waals surface area contributed by atoms with E-state index in [0.29, 0.717) is 30.9 Å². The highest BCUT2D eigenvalue weighted by atomic mass is 16.2. The van der Waals surface area contributed by atoms with E-state index in [9.17, 15) is 14.4 Å². The van der Waals surface area contributed by atoms with Gasteiger partial charge in [0.1, 0.15) is 5.69 Å². The van der Waals surface area contributed by atoms with Crippen LogP contribution in [-0.2, 0) is 11.3 Å². The van der Waals surface area contributed by atoms with Crippen molar-refractivity contribution in [1.82, 2.24) is 14.4 Å². The van der Waals surface area contributed by atoms with E-state index in [1.165, 1.54) is 0 Å². The van der Waals surface area contributed by atoms with Crippen LogP contribution in [0.5, 0.6) is 0 Å². The lowest BCUT2D eigenvalue weighted by molar-refractivity contribution is -0.116. The molecule has 4 rings (SSSR count). The standard InChI is InChI=1S/C22H26N4O3/c1-24(2)14-20(27)23-18-8-9-19-17-10-15(12-26(19)22(18)29)11-25(13-17)21(28)16-6-4-3-5-7-16/h3-9,15,17H,10-14H2,1-2H3,(H,23,27)/t15-,17+/m0/s1. The first-order valence-electron chi connectivity index (χ1n) is 9.95. The maximum absolute atomic E-state index is 13.0. The average Bonchev–Trinajstić information content (AvgIpc) is 2.70. The van der Waals surface area contributed by atoms with Gasteiger partial charge in [0.05, 0.1) is 6.54 Å². The molecule has 1 aromatic carbocycles. The third-order valence-corrected chi connectivity index (χ3v) is 5.65. The maximum atomic E-state index is 13.0. The molecular weight excluding hydrogens is 368 g/mol. The van der Waals surface area contributed by atoms with E-state index in [4.69, 9.17) is 0 Å². The lowest BCUT2D eigenvalue weighted by atomic mass is 9.83. The van der Waals surface area contributed by atoms with Crippen LogP contribution in [0.1, 0.15) is 28.4 Å². The molecule has 0 radical (unpaired) electrons. The summed E-state index contributed by atoms with van der Waals surface area (Å²) >= 11 is 0. The molecule has 152 valence electrons. The molecule has 1 aromatic heterocycles. The Hall–Kier alpha value is -2.93. The summed E-state index contributed by atoms with van der Waals surface area (Å²) < 4.78 is 1.79. The van der Waals surface area contributed by atoms with E-state index in [2.05, 4.69) is 5.32 Å². The zero-order chi connectivity index (χ0) is 20.5. The third kappa shape index (κ3) is 3.96. The van der Waals surface area contributed by atoms with Gasteiger partial charge in [-0.3, -0.25) is 14.4 Å². The first kappa shape index (κ1) is 19.4. The number of carbonyl (C=O) groups is 2. The highest BCUT2D eigenvalue weighted by molar-refractivity contribution is 5.94. The predicted molar refractivity (Wildman–Crippen MR) is 111 cm³/mol. The molecule has 1 fully saturated rings. The number of hydrogen-bond acceptors (Lipinski definition) is 4. The lowest BCUT2D eigenvalue weighted by Crippen LogP contribution is -2.49. The Balaban J connectivity index is 1.55. The molecule has 0 saturated carbocycles. The summed E-state index contributed by atoms with van der Waals surface area (Å²) in [5, 5.41) is 2.73. The number of pyridine rings is 1. The SMILES string of the molecule is CN(C)CC(=O)Nc1ccc2n(c1=O)C[C@H]1C[C@@H]2CN(C(=O)c2ccccc2)C1. The Morgan fingerprint density at radius 2 is 1.83 bits per heavy atom.